The van der Waals surface area contributed by atoms with Gasteiger partial charge in [0.2, 0.25) is 0 Å². The Hall–Kier alpha value is -0.420. The predicted octanol–water partition coefficient (Wildman–Crippen LogP) is 3.31. The van der Waals surface area contributed by atoms with Gasteiger partial charge in [-0.3, -0.25) is 0 Å². The van der Waals surface area contributed by atoms with Gasteiger partial charge in [-0.1, -0.05) is 35.0 Å². The average molecular weight is 276 g/mol. The van der Waals surface area contributed by atoms with E-state index < -0.39 is 0 Å². The van der Waals surface area contributed by atoms with Crippen molar-refractivity contribution in [3.05, 3.63) is 22.2 Å². The van der Waals surface area contributed by atoms with Crippen LogP contribution in [0.5, 0.6) is 0 Å². The number of thioether (sulfide) groups is 1. The van der Waals surface area contributed by atoms with Crippen molar-refractivity contribution in [2.45, 2.75) is 11.6 Å². The van der Waals surface area contributed by atoms with E-state index in [0.29, 0.717) is 16.6 Å². The van der Waals surface area contributed by atoms with E-state index >= 15 is 0 Å². The van der Waals surface area contributed by atoms with Gasteiger partial charge in [0.1, 0.15) is 0 Å². The maximum atomic E-state index is 5.92. The number of rotatable bonds is 4. The first-order valence-corrected chi connectivity index (χ1v) is 6.62. The number of benzene rings is 1. The summed E-state index contributed by atoms with van der Waals surface area (Å²) < 4.78 is 0. The van der Waals surface area contributed by atoms with Crippen LogP contribution in [0.3, 0.4) is 0 Å². The molecule has 0 fully saturated rings. The molecule has 16 heavy (non-hydrogen) atoms. The molecular formula is C10H11Cl2N3S. The highest BCUT2D eigenvalue weighted by atomic mass is 35.5. The number of halogens is 2. The van der Waals surface area contributed by atoms with Gasteiger partial charge in [-0.2, -0.15) is 0 Å². The SMILES string of the molecule is NCCCSc1nc2cc(Cl)c(Cl)cc2[nH]1. The molecule has 0 bridgehead atoms. The second-order valence-corrected chi connectivity index (χ2v) is 5.21. The third-order valence-corrected chi connectivity index (χ3v) is 3.77. The number of nitrogens with one attached hydrogen (secondary N) is 1. The number of fused-ring (bicyclic) bond motifs is 1. The molecule has 0 saturated carbocycles. The second kappa shape index (κ2) is 5.27. The number of hydrogen-bond donors (Lipinski definition) is 2. The Morgan fingerprint density at radius 1 is 1.31 bits per heavy atom. The first-order valence-electron chi connectivity index (χ1n) is 4.88. The Kier molecular flexibility index (Phi) is 3.97. The molecule has 1 heterocycles. The molecular weight excluding hydrogens is 265 g/mol. The van der Waals surface area contributed by atoms with Crippen LogP contribution in [-0.2, 0) is 0 Å². The van der Waals surface area contributed by atoms with E-state index in [-0.39, 0.29) is 0 Å². The number of imidazole rings is 1. The highest BCUT2D eigenvalue weighted by molar-refractivity contribution is 7.99. The quantitative estimate of drug-likeness (QED) is 0.665. The number of H-pyrrole nitrogens is 1. The fraction of sp³-hybridized carbons (Fsp3) is 0.300. The lowest BCUT2D eigenvalue weighted by Gasteiger charge is -1.93. The lowest BCUT2D eigenvalue weighted by atomic mass is 10.3. The molecule has 2 rings (SSSR count). The minimum absolute atomic E-state index is 0.527. The van der Waals surface area contributed by atoms with Gasteiger partial charge < -0.3 is 10.7 Å². The maximum absolute atomic E-state index is 5.92. The van der Waals surface area contributed by atoms with Gasteiger partial charge in [0.25, 0.3) is 0 Å². The van der Waals surface area contributed by atoms with Crippen LogP contribution in [0.25, 0.3) is 11.0 Å². The van der Waals surface area contributed by atoms with Crippen LogP contribution in [0, 0.1) is 0 Å². The predicted molar refractivity (Wildman–Crippen MR) is 70.5 cm³/mol. The van der Waals surface area contributed by atoms with E-state index in [1.807, 2.05) is 0 Å². The fourth-order valence-corrected chi connectivity index (χ4v) is 2.47. The topological polar surface area (TPSA) is 54.7 Å². The highest BCUT2D eigenvalue weighted by Gasteiger charge is 2.06. The number of nitrogens with zero attached hydrogens (tertiary/aromatic N) is 1. The van der Waals surface area contributed by atoms with Crippen molar-refractivity contribution < 1.29 is 0 Å². The Balaban J connectivity index is 2.23. The van der Waals surface area contributed by atoms with E-state index in [1.54, 1.807) is 23.9 Å². The van der Waals surface area contributed by atoms with Crippen molar-refractivity contribution in [2.24, 2.45) is 5.73 Å². The smallest absolute Gasteiger partial charge is 0.166 e. The molecule has 0 aliphatic rings. The minimum Gasteiger partial charge on any atom is -0.333 e. The van der Waals surface area contributed by atoms with Gasteiger partial charge in [-0.05, 0) is 25.1 Å². The molecule has 1 aromatic heterocycles. The number of aromatic nitrogens is 2. The summed E-state index contributed by atoms with van der Waals surface area (Å²) >= 11 is 13.5. The zero-order chi connectivity index (χ0) is 11.5. The number of aromatic amines is 1. The van der Waals surface area contributed by atoms with Gasteiger partial charge in [0, 0.05) is 5.75 Å². The molecule has 86 valence electrons. The summed E-state index contributed by atoms with van der Waals surface area (Å²) in [6, 6.07) is 3.56. The fourth-order valence-electron chi connectivity index (χ4n) is 1.30. The molecule has 1 aromatic carbocycles. The monoisotopic (exact) mass is 275 g/mol. The summed E-state index contributed by atoms with van der Waals surface area (Å²) in [6.45, 7) is 0.699. The van der Waals surface area contributed by atoms with E-state index in [0.717, 1.165) is 28.4 Å². The van der Waals surface area contributed by atoms with Crippen molar-refractivity contribution >= 4 is 46.0 Å². The number of hydrogen-bond acceptors (Lipinski definition) is 3. The zero-order valence-corrected chi connectivity index (χ0v) is 10.8. The van der Waals surface area contributed by atoms with Gasteiger partial charge in [-0.25, -0.2) is 4.98 Å². The lowest BCUT2D eigenvalue weighted by Crippen LogP contribution is -1.99. The summed E-state index contributed by atoms with van der Waals surface area (Å²) in [6.07, 6.45) is 0.975. The Morgan fingerprint density at radius 3 is 2.81 bits per heavy atom. The molecule has 3 nitrogen and oxygen atoms in total. The van der Waals surface area contributed by atoms with E-state index in [9.17, 15) is 0 Å². The zero-order valence-electron chi connectivity index (χ0n) is 8.46. The molecule has 0 radical (unpaired) electrons. The summed E-state index contributed by atoms with van der Waals surface area (Å²) in [5.41, 5.74) is 7.17. The third kappa shape index (κ3) is 2.63. The van der Waals surface area contributed by atoms with E-state index in [1.165, 1.54) is 0 Å². The molecule has 0 saturated heterocycles. The standard InChI is InChI=1S/C10H11Cl2N3S/c11-6-4-8-9(5-7(6)12)15-10(14-8)16-3-1-2-13/h4-5H,1-3,13H2,(H,14,15). The van der Waals surface area contributed by atoms with Crippen LogP contribution in [0.4, 0.5) is 0 Å². The molecule has 6 heteroatoms. The van der Waals surface area contributed by atoms with E-state index in [4.69, 9.17) is 28.9 Å². The second-order valence-electron chi connectivity index (χ2n) is 3.32. The van der Waals surface area contributed by atoms with Gasteiger partial charge in [0.15, 0.2) is 5.16 Å². The molecule has 0 amide bonds. The van der Waals surface area contributed by atoms with Gasteiger partial charge >= 0.3 is 0 Å². The summed E-state index contributed by atoms with van der Waals surface area (Å²) in [5, 5.41) is 1.94. The van der Waals surface area contributed by atoms with Crippen LogP contribution in [0.15, 0.2) is 17.3 Å². The maximum Gasteiger partial charge on any atom is 0.166 e. The molecule has 0 atom stereocenters. The average Bonchev–Trinajstić information content (AvgIpc) is 2.61. The van der Waals surface area contributed by atoms with Crippen LogP contribution in [0.2, 0.25) is 10.0 Å². The highest BCUT2D eigenvalue weighted by Crippen LogP contribution is 2.28. The van der Waals surface area contributed by atoms with Crippen LogP contribution in [0.1, 0.15) is 6.42 Å². The summed E-state index contributed by atoms with van der Waals surface area (Å²) in [5.74, 6) is 0.956. The summed E-state index contributed by atoms with van der Waals surface area (Å²) in [4.78, 5) is 7.60. The first kappa shape index (κ1) is 12.0. The first-order chi connectivity index (χ1) is 7.70. The summed E-state index contributed by atoms with van der Waals surface area (Å²) in [7, 11) is 0. The molecule has 0 spiro atoms. The Bertz CT molecular complexity index is 459. The van der Waals surface area contributed by atoms with Crippen LogP contribution in [-0.4, -0.2) is 22.3 Å². The van der Waals surface area contributed by atoms with Gasteiger partial charge in [-0.15, -0.1) is 0 Å². The normalized spacial score (nSPS) is 11.2. The molecule has 3 N–H and O–H groups in total. The molecule has 2 aromatic rings. The van der Waals surface area contributed by atoms with Crippen LogP contribution >= 0.6 is 35.0 Å². The van der Waals surface area contributed by atoms with E-state index in [2.05, 4.69) is 9.97 Å². The minimum atomic E-state index is 0.527. The van der Waals surface area contributed by atoms with Crippen molar-refractivity contribution in [3.8, 4) is 0 Å². The molecule has 0 unspecified atom stereocenters. The Labute approximate surface area is 108 Å². The van der Waals surface area contributed by atoms with Crippen molar-refractivity contribution in [2.75, 3.05) is 12.3 Å². The van der Waals surface area contributed by atoms with Crippen molar-refractivity contribution in [3.63, 3.8) is 0 Å². The lowest BCUT2D eigenvalue weighted by molar-refractivity contribution is 0.938. The third-order valence-electron chi connectivity index (χ3n) is 2.09. The largest absolute Gasteiger partial charge is 0.333 e. The van der Waals surface area contributed by atoms with Crippen molar-refractivity contribution in [1.29, 1.82) is 0 Å². The molecule has 0 aliphatic carbocycles. The van der Waals surface area contributed by atoms with Gasteiger partial charge in [0.05, 0.1) is 21.1 Å². The van der Waals surface area contributed by atoms with Crippen molar-refractivity contribution in [1.82, 2.24) is 9.97 Å². The molecule has 0 aliphatic heterocycles. The Morgan fingerprint density at radius 2 is 2.06 bits per heavy atom. The van der Waals surface area contributed by atoms with Crippen LogP contribution < -0.4 is 5.73 Å². The number of nitrogens with two attached hydrogens (primary N) is 1.